The third-order valence-electron chi connectivity index (χ3n) is 5.93. The maximum Gasteiger partial charge on any atom is 0.407 e. The lowest BCUT2D eigenvalue weighted by molar-refractivity contribution is 0.0505. The largest absolute Gasteiger partial charge is 0.444 e. The molecule has 7 nitrogen and oxygen atoms in total. The second-order valence-corrected chi connectivity index (χ2v) is 9.84. The molecular formula is C22H37N5O2. The Morgan fingerprint density at radius 2 is 1.72 bits per heavy atom. The highest BCUT2D eigenvalue weighted by Gasteiger charge is 2.28. The highest BCUT2D eigenvalue weighted by Crippen LogP contribution is 2.27. The molecule has 1 saturated heterocycles. The average Bonchev–Trinajstić information content (AvgIpc) is 3.07. The summed E-state index contributed by atoms with van der Waals surface area (Å²) >= 11 is 0. The summed E-state index contributed by atoms with van der Waals surface area (Å²) in [6.07, 6.45) is 8.69. The number of nitrogens with zero attached hydrogens (tertiary/aromatic N) is 3. The van der Waals surface area contributed by atoms with Gasteiger partial charge in [0, 0.05) is 25.2 Å². The fourth-order valence-electron chi connectivity index (χ4n) is 4.28. The van der Waals surface area contributed by atoms with Crippen LogP contribution < -0.4 is 15.5 Å². The molecule has 7 heteroatoms. The Labute approximate surface area is 175 Å². The number of anilines is 2. The van der Waals surface area contributed by atoms with E-state index in [-0.39, 0.29) is 12.1 Å². The van der Waals surface area contributed by atoms with Gasteiger partial charge in [-0.15, -0.1) is 0 Å². The van der Waals surface area contributed by atoms with Gasteiger partial charge < -0.3 is 20.3 Å². The maximum atomic E-state index is 11.9. The highest BCUT2D eigenvalue weighted by atomic mass is 16.6. The molecular weight excluding hydrogens is 366 g/mol. The monoisotopic (exact) mass is 403 g/mol. The molecule has 2 aliphatic rings. The standard InChI is InChI=1S/C22H37N5O2/c1-15(2)16-8-10-27(11-9-16)20-23-13-19(14-24-20)25-17-6-7-18(12-17)26-21(28)29-22(3,4)5/h13-18,25H,6-12H2,1-5H3,(H,26,28). The summed E-state index contributed by atoms with van der Waals surface area (Å²) in [5.74, 6) is 2.40. The van der Waals surface area contributed by atoms with E-state index in [1.165, 1.54) is 12.8 Å². The number of nitrogens with one attached hydrogen (secondary N) is 2. The smallest absolute Gasteiger partial charge is 0.407 e. The molecule has 0 spiro atoms. The number of carbonyl (C=O) groups excluding carboxylic acids is 1. The molecule has 1 aliphatic heterocycles. The number of hydrogen-bond acceptors (Lipinski definition) is 6. The van der Waals surface area contributed by atoms with E-state index < -0.39 is 5.60 Å². The molecule has 3 rings (SSSR count). The SMILES string of the molecule is CC(C)C1CCN(c2ncc(NC3CCC(NC(=O)OC(C)(C)C)C3)cn2)CC1. The molecule has 1 amide bonds. The van der Waals surface area contributed by atoms with E-state index in [2.05, 4.69) is 39.3 Å². The Morgan fingerprint density at radius 1 is 1.10 bits per heavy atom. The summed E-state index contributed by atoms with van der Waals surface area (Å²) in [5, 5.41) is 6.48. The summed E-state index contributed by atoms with van der Waals surface area (Å²) in [4.78, 5) is 23.4. The van der Waals surface area contributed by atoms with Crippen LogP contribution in [0.2, 0.25) is 0 Å². The Morgan fingerprint density at radius 3 is 2.31 bits per heavy atom. The van der Waals surface area contributed by atoms with Crippen molar-refractivity contribution in [3.05, 3.63) is 12.4 Å². The number of alkyl carbamates (subject to hydrolysis) is 1. The van der Waals surface area contributed by atoms with Crippen LogP contribution in [0.15, 0.2) is 12.4 Å². The van der Waals surface area contributed by atoms with Gasteiger partial charge in [0.1, 0.15) is 5.60 Å². The van der Waals surface area contributed by atoms with Gasteiger partial charge in [-0.2, -0.15) is 0 Å². The van der Waals surface area contributed by atoms with Crippen molar-refractivity contribution in [1.82, 2.24) is 15.3 Å². The number of rotatable bonds is 5. The van der Waals surface area contributed by atoms with Crippen molar-refractivity contribution in [2.45, 2.75) is 84.4 Å². The van der Waals surface area contributed by atoms with Crippen LogP contribution in [-0.2, 0) is 4.74 Å². The van der Waals surface area contributed by atoms with E-state index >= 15 is 0 Å². The molecule has 1 aromatic heterocycles. The predicted octanol–water partition coefficient (Wildman–Crippen LogP) is 4.21. The number of ether oxygens (including phenoxy) is 1. The van der Waals surface area contributed by atoms with Crippen molar-refractivity contribution in [2.75, 3.05) is 23.3 Å². The Balaban J connectivity index is 1.44. The van der Waals surface area contributed by atoms with Crippen LogP contribution in [0.5, 0.6) is 0 Å². The zero-order chi connectivity index (χ0) is 21.0. The molecule has 2 atom stereocenters. The van der Waals surface area contributed by atoms with Crippen LogP contribution in [-0.4, -0.2) is 46.8 Å². The molecule has 1 aliphatic carbocycles. The quantitative estimate of drug-likeness (QED) is 0.767. The van der Waals surface area contributed by atoms with E-state index in [1.54, 1.807) is 0 Å². The molecule has 29 heavy (non-hydrogen) atoms. The maximum absolute atomic E-state index is 11.9. The third kappa shape index (κ3) is 6.47. The molecule has 1 aromatic rings. The number of piperidine rings is 1. The molecule has 2 fully saturated rings. The van der Waals surface area contributed by atoms with Crippen LogP contribution in [0.4, 0.5) is 16.4 Å². The van der Waals surface area contributed by atoms with Crippen LogP contribution in [0, 0.1) is 11.8 Å². The first kappa shape index (κ1) is 21.7. The minimum Gasteiger partial charge on any atom is -0.444 e. The second-order valence-electron chi connectivity index (χ2n) is 9.84. The van der Waals surface area contributed by atoms with Gasteiger partial charge in [-0.1, -0.05) is 13.8 Å². The van der Waals surface area contributed by atoms with Crippen LogP contribution >= 0.6 is 0 Å². The minimum absolute atomic E-state index is 0.143. The predicted molar refractivity (Wildman–Crippen MR) is 116 cm³/mol. The molecule has 0 aromatic carbocycles. The lowest BCUT2D eigenvalue weighted by atomic mass is 9.87. The first-order valence-corrected chi connectivity index (χ1v) is 11.0. The summed E-state index contributed by atoms with van der Waals surface area (Å²) in [7, 11) is 0. The van der Waals surface area contributed by atoms with Crippen molar-refractivity contribution in [1.29, 1.82) is 0 Å². The fraction of sp³-hybridized carbons (Fsp3) is 0.773. The van der Waals surface area contributed by atoms with E-state index in [1.807, 2.05) is 33.2 Å². The van der Waals surface area contributed by atoms with Crippen molar-refractivity contribution < 1.29 is 9.53 Å². The van der Waals surface area contributed by atoms with Gasteiger partial charge in [0.05, 0.1) is 18.1 Å². The topological polar surface area (TPSA) is 79.4 Å². The second kappa shape index (κ2) is 9.18. The Kier molecular flexibility index (Phi) is 6.85. The lowest BCUT2D eigenvalue weighted by Crippen LogP contribution is -2.38. The molecule has 162 valence electrons. The fourth-order valence-corrected chi connectivity index (χ4v) is 4.28. The lowest BCUT2D eigenvalue weighted by Gasteiger charge is -2.33. The van der Waals surface area contributed by atoms with E-state index in [9.17, 15) is 4.79 Å². The van der Waals surface area contributed by atoms with Crippen molar-refractivity contribution in [2.24, 2.45) is 11.8 Å². The summed E-state index contributed by atoms with van der Waals surface area (Å²) in [6.45, 7) is 12.3. The number of aromatic nitrogens is 2. The highest BCUT2D eigenvalue weighted by molar-refractivity contribution is 5.68. The van der Waals surface area contributed by atoms with Crippen LogP contribution in [0.25, 0.3) is 0 Å². The van der Waals surface area contributed by atoms with E-state index in [0.717, 1.165) is 55.8 Å². The van der Waals surface area contributed by atoms with Gasteiger partial charge in [0.25, 0.3) is 0 Å². The molecule has 0 bridgehead atoms. The molecule has 1 saturated carbocycles. The van der Waals surface area contributed by atoms with E-state index in [0.29, 0.717) is 6.04 Å². The number of amides is 1. The zero-order valence-corrected chi connectivity index (χ0v) is 18.6. The van der Waals surface area contributed by atoms with Crippen LogP contribution in [0.3, 0.4) is 0 Å². The summed E-state index contributed by atoms with van der Waals surface area (Å²) in [6, 6.07) is 0.455. The summed E-state index contributed by atoms with van der Waals surface area (Å²) in [5.41, 5.74) is 0.470. The Bertz CT molecular complexity index is 663. The number of carbonyl (C=O) groups is 1. The average molecular weight is 404 g/mol. The first-order chi connectivity index (χ1) is 13.7. The van der Waals surface area contributed by atoms with Crippen molar-refractivity contribution >= 4 is 17.7 Å². The Hall–Kier alpha value is -2.05. The van der Waals surface area contributed by atoms with Crippen molar-refractivity contribution in [3.63, 3.8) is 0 Å². The molecule has 2 heterocycles. The van der Waals surface area contributed by atoms with Gasteiger partial charge in [0.2, 0.25) is 5.95 Å². The molecule has 2 N–H and O–H groups in total. The third-order valence-corrected chi connectivity index (χ3v) is 5.93. The zero-order valence-electron chi connectivity index (χ0n) is 18.6. The molecule has 0 radical (unpaired) electrons. The summed E-state index contributed by atoms with van der Waals surface area (Å²) < 4.78 is 5.35. The van der Waals surface area contributed by atoms with Gasteiger partial charge in [-0.3, -0.25) is 0 Å². The van der Waals surface area contributed by atoms with E-state index in [4.69, 9.17) is 4.74 Å². The first-order valence-electron chi connectivity index (χ1n) is 11.0. The van der Waals surface area contributed by atoms with Gasteiger partial charge >= 0.3 is 6.09 Å². The molecule has 2 unspecified atom stereocenters. The van der Waals surface area contributed by atoms with Gasteiger partial charge in [-0.05, 0) is 64.7 Å². The van der Waals surface area contributed by atoms with Gasteiger partial charge in [-0.25, -0.2) is 14.8 Å². The minimum atomic E-state index is -0.469. The normalized spacial score (nSPS) is 23.3. The van der Waals surface area contributed by atoms with Crippen LogP contribution in [0.1, 0.15) is 66.7 Å². The van der Waals surface area contributed by atoms with Crippen molar-refractivity contribution in [3.8, 4) is 0 Å². The number of hydrogen-bond donors (Lipinski definition) is 2. The van der Waals surface area contributed by atoms with Gasteiger partial charge in [0.15, 0.2) is 0 Å².